The second-order valence-corrected chi connectivity index (χ2v) is 8.00. The molecule has 0 radical (unpaired) electrons. The lowest BCUT2D eigenvalue weighted by atomic mass is 9.94. The average Bonchev–Trinajstić information content (AvgIpc) is 3.33. The summed E-state index contributed by atoms with van der Waals surface area (Å²) in [6.07, 6.45) is 10.0. The van der Waals surface area contributed by atoms with Crippen molar-refractivity contribution in [3.63, 3.8) is 0 Å². The van der Waals surface area contributed by atoms with E-state index in [0.717, 1.165) is 42.0 Å². The minimum absolute atomic E-state index is 0.0454. The Kier molecular flexibility index (Phi) is 3.31. The van der Waals surface area contributed by atoms with Crippen molar-refractivity contribution in [2.24, 2.45) is 0 Å². The van der Waals surface area contributed by atoms with Gasteiger partial charge in [-0.3, -0.25) is 4.98 Å². The number of ether oxygens (including phenoxy) is 1. The Morgan fingerprint density at radius 1 is 1.12 bits per heavy atom. The van der Waals surface area contributed by atoms with E-state index >= 15 is 0 Å². The molecule has 3 aromatic heterocycles. The largest absolute Gasteiger partial charge is 0.439 e. The van der Waals surface area contributed by atoms with Gasteiger partial charge < -0.3 is 9.15 Å². The summed E-state index contributed by atoms with van der Waals surface area (Å²) in [4.78, 5) is 13.1. The third kappa shape index (κ3) is 2.38. The average molecular weight is 351 g/mol. The summed E-state index contributed by atoms with van der Waals surface area (Å²) in [5.74, 6) is 2.10. The normalized spacial score (nSPS) is 21.8. The minimum atomic E-state index is -0.0963. The van der Waals surface area contributed by atoms with E-state index in [1.165, 1.54) is 0 Å². The van der Waals surface area contributed by atoms with Crippen molar-refractivity contribution in [3.8, 4) is 17.4 Å². The predicted molar refractivity (Wildman–Crippen MR) is 93.9 cm³/mol. The second-order valence-electron chi connectivity index (χ2n) is 8.00. The highest BCUT2D eigenvalue weighted by atomic mass is 16.5. The molecule has 2 aliphatic heterocycles. The van der Waals surface area contributed by atoms with Crippen molar-refractivity contribution in [1.82, 2.24) is 24.7 Å². The number of fused-ring (bicyclic) bond motifs is 4. The molecule has 0 aliphatic carbocycles. The van der Waals surface area contributed by atoms with E-state index in [0.29, 0.717) is 11.7 Å². The molecular weight excluding hydrogens is 330 g/mol. The van der Waals surface area contributed by atoms with Gasteiger partial charge in [0.05, 0.1) is 24.2 Å². The molecule has 5 heterocycles. The number of aromatic nitrogens is 5. The summed E-state index contributed by atoms with van der Waals surface area (Å²) in [5.41, 5.74) is 2.92. The molecule has 2 unspecified atom stereocenters. The number of nitrogens with zero attached hydrogens (tertiary/aromatic N) is 5. The molecule has 3 aromatic rings. The fourth-order valence-corrected chi connectivity index (χ4v) is 3.76. The van der Waals surface area contributed by atoms with Crippen LogP contribution in [0.3, 0.4) is 0 Å². The van der Waals surface area contributed by atoms with E-state index in [2.05, 4.69) is 35.7 Å². The van der Waals surface area contributed by atoms with Crippen LogP contribution in [0.4, 0.5) is 0 Å². The maximum Gasteiger partial charge on any atom is 0.247 e. The standard InChI is InChI=1S/C19H21N5O2/c1-19(2,3)14-9-22-18(26-14)16-12-8-11-4-5-13(25-11)17(12)24(23-16)15-10-20-6-7-21-15/h6-7,9-11,13H,4-5,8H2,1-3H3. The van der Waals surface area contributed by atoms with E-state index in [4.69, 9.17) is 14.3 Å². The van der Waals surface area contributed by atoms with E-state index in [-0.39, 0.29) is 17.6 Å². The summed E-state index contributed by atoms with van der Waals surface area (Å²) in [5, 5.41) is 4.82. The lowest BCUT2D eigenvalue weighted by molar-refractivity contribution is 0.0287. The van der Waals surface area contributed by atoms with Crippen LogP contribution in [0.25, 0.3) is 17.4 Å². The molecule has 0 N–H and O–H groups in total. The zero-order chi connectivity index (χ0) is 17.9. The van der Waals surface area contributed by atoms with Gasteiger partial charge >= 0.3 is 0 Å². The van der Waals surface area contributed by atoms with E-state index < -0.39 is 0 Å². The van der Waals surface area contributed by atoms with Gasteiger partial charge in [-0.1, -0.05) is 20.8 Å². The quantitative estimate of drug-likeness (QED) is 0.704. The first-order chi connectivity index (χ1) is 12.5. The van der Waals surface area contributed by atoms with Gasteiger partial charge in [0, 0.05) is 29.8 Å². The minimum Gasteiger partial charge on any atom is -0.439 e. The third-order valence-corrected chi connectivity index (χ3v) is 5.08. The molecule has 26 heavy (non-hydrogen) atoms. The first-order valence-electron chi connectivity index (χ1n) is 9.01. The van der Waals surface area contributed by atoms with Gasteiger partial charge in [-0.2, -0.15) is 5.10 Å². The summed E-state index contributed by atoms with van der Waals surface area (Å²) < 4.78 is 14.1. The summed E-state index contributed by atoms with van der Waals surface area (Å²) in [7, 11) is 0. The van der Waals surface area contributed by atoms with Crippen LogP contribution >= 0.6 is 0 Å². The first kappa shape index (κ1) is 15.7. The summed E-state index contributed by atoms with van der Waals surface area (Å²) in [6.45, 7) is 6.33. The zero-order valence-corrected chi connectivity index (χ0v) is 15.1. The number of hydrogen-bond donors (Lipinski definition) is 0. The third-order valence-electron chi connectivity index (χ3n) is 5.08. The molecule has 1 fully saturated rings. The Hall–Kier alpha value is -2.54. The summed E-state index contributed by atoms with van der Waals surface area (Å²) in [6, 6.07) is 0. The van der Waals surface area contributed by atoms with Crippen LogP contribution in [0.5, 0.6) is 0 Å². The molecule has 7 heteroatoms. The van der Waals surface area contributed by atoms with Crippen LogP contribution in [0.15, 0.2) is 29.2 Å². The molecule has 2 bridgehead atoms. The van der Waals surface area contributed by atoms with Gasteiger partial charge in [-0.05, 0) is 12.8 Å². The molecule has 2 atom stereocenters. The van der Waals surface area contributed by atoms with E-state index in [1.807, 2.05) is 4.68 Å². The van der Waals surface area contributed by atoms with Crippen molar-refractivity contribution in [3.05, 3.63) is 41.8 Å². The molecule has 5 rings (SSSR count). The van der Waals surface area contributed by atoms with Gasteiger partial charge in [-0.15, -0.1) is 0 Å². The van der Waals surface area contributed by atoms with Crippen molar-refractivity contribution in [2.75, 3.05) is 0 Å². The van der Waals surface area contributed by atoms with Crippen molar-refractivity contribution < 1.29 is 9.15 Å². The van der Waals surface area contributed by atoms with Crippen LogP contribution in [0.2, 0.25) is 0 Å². The fraction of sp³-hybridized carbons (Fsp3) is 0.474. The Labute approximate surface area is 151 Å². The lowest BCUT2D eigenvalue weighted by Crippen LogP contribution is -2.19. The number of oxazole rings is 1. The molecular formula is C19H21N5O2. The van der Waals surface area contributed by atoms with E-state index in [9.17, 15) is 0 Å². The van der Waals surface area contributed by atoms with E-state index in [1.54, 1.807) is 24.8 Å². The van der Waals surface area contributed by atoms with Crippen molar-refractivity contribution in [2.45, 2.75) is 57.7 Å². The highest BCUT2D eigenvalue weighted by molar-refractivity contribution is 5.58. The molecule has 0 amide bonds. The fourth-order valence-electron chi connectivity index (χ4n) is 3.76. The van der Waals surface area contributed by atoms with Crippen LogP contribution in [0, 0.1) is 0 Å². The van der Waals surface area contributed by atoms with Gasteiger partial charge in [-0.25, -0.2) is 14.6 Å². The number of hydrogen-bond acceptors (Lipinski definition) is 6. The molecule has 7 nitrogen and oxygen atoms in total. The van der Waals surface area contributed by atoms with Crippen LogP contribution < -0.4 is 0 Å². The molecule has 134 valence electrons. The highest BCUT2D eigenvalue weighted by Gasteiger charge is 2.40. The zero-order valence-electron chi connectivity index (χ0n) is 15.1. The second kappa shape index (κ2) is 5.48. The van der Waals surface area contributed by atoms with Crippen molar-refractivity contribution >= 4 is 0 Å². The Morgan fingerprint density at radius 2 is 2.00 bits per heavy atom. The topological polar surface area (TPSA) is 78.9 Å². The van der Waals surface area contributed by atoms with Crippen LogP contribution in [-0.4, -0.2) is 30.8 Å². The van der Waals surface area contributed by atoms with Gasteiger partial charge in [0.2, 0.25) is 5.89 Å². The van der Waals surface area contributed by atoms with Crippen LogP contribution in [-0.2, 0) is 16.6 Å². The Bertz CT molecular complexity index is 954. The summed E-state index contributed by atoms with van der Waals surface area (Å²) >= 11 is 0. The Morgan fingerprint density at radius 3 is 2.73 bits per heavy atom. The molecule has 0 saturated carbocycles. The maximum absolute atomic E-state index is 6.13. The molecule has 2 aliphatic rings. The molecule has 0 aromatic carbocycles. The smallest absolute Gasteiger partial charge is 0.247 e. The van der Waals surface area contributed by atoms with Crippen molar-refractivity contribution in [1.29, 1.82) is 0 Å². The SMILES string of the molecule is CC(C)(C)c1cnc(-c2nn(-c3cnccn3)c3c2CC2CCC3O2)o1. The predicted octanol–water partition coefficient (Wildman–Crippen LogP) is 3.39. The highest BCUT2D eigenvalue weighted by Crippen LogP contribution is 2.45. The maximum atomic E-state index is 6.13. The first-order valence-corrected chi connectivity index (χ1v) is 9.01. The monoisotopic (exact) mass is 351 g/mol. The lowest BCUT2D eigenvalue weighted by Gasteiger charge is -2.22. The Balaban J connectivity index is 1.69. The number of rotatable bonds is 2. The van der Waals surface area contributed by atoms with Crippen LogP contribution in [0.1, 0.15) is 56.7 Å². The molecule has 1 saturated heterocycles. The van der Waals surface area contributed by atoms with Gasteiger partial charge in [0.1, 0.15) is 11.9 Å². The van der Waals surface area contributed by atoms with Gasteiger partial charge in [0.25, 0.3) is 0 Å². The molecule has 0 spiro atoms. The van der Waals surface area contributed by atoms with Gasteiger partial charge in [0.15, 0.2) is 11.5 Å².